The van der Waals surface area contributed by atoms with Crippen molar-refractivity contribution < 1.29 is 127 Å². The average molecular weight is 1830 g/mol. The van der Waals surface area contributed by atoms with Crippen LogP contribution in [0.4, 0.5) is 0 Å². The van der Waals surface area contributed by atoms with Crippen molar-refractivity contribution in [1.29, 1.82) is 0 Å². The Morgan fingerprint density at radius 2 is 0.900 bits per heavy atom. The zero-order chi connectivity index (χ0) is 96.3. The molecule has 130 heavy (non-hydrogen) atoms. The Morgan fingerprint density at radius 1 is 0.454 bits per heavy atom. The van der Waals surface area contributed by atoms with Crippen molar-refractivity contribution in [2.75, 3.05) is 55.7 Å². The van der Waals surface area contributed by atoms with Crippen LogP contribution in [0.5, 0.6) is 0 Å². The smallest absolute Gasteiger partial charge is 0.329 e. The Kier molecular flexibility index (Phi) is 45.0. The summed E-state index contributed by atoms with van der Waals surface area (Å²) in [6.07, 6.45) is 21.8. The first-order valence-electron chi connectivity index (χ1n) is 48.1. The van der Waals surface area contributed by atoms with Crippen molar-refractivity contribution in [1.82, 2.24) is 9.80 Å². The minimum Gasteiger partial charge on any atom is -0.460 e. The van der Waals surface area contributed by atoms with E-state index < -0.39 is 174 Å². The normalized spacial score (nSPS) is 40.2. The van der Waals surface area contributed by atoms with Gasteiger partial charge in [0.15, 0.2) is 5.78 Å². The molecule has 0 aromatic rings. The topological polar surface area (TPSA) is 397 Å². The molecule has 8 N–H and O–H groups in total. The second-order valence-corrected chi connectivity index (χ2v) is 39.6. The first kappa shape index (κ1) is 111. The third-order valence-electron chi connectivity index (χ3n) is 29.4. The van der Waals surface area contributed by atoms with Gasteiger partial charge in [-0.05, 0) is 220 Å². The number of allylic oxidation sites excluding steroid dienone is 11. The van der Waals surface area contributed by atoms with Crippen LogP contribution >= 0.6 is 0 Å². The zero-order valence-electron chi connectivity index (χ0n) is 81.5. The number of fused-ring (bicyclic) bond motifs is 6. The molecule has 6 fully saturated rings. The number of ketones is 4. The number of ether oxygens (including phenoxy) is 10. The summed E-state index contributed by atoms with van der Waals surface area (Å²) in [6, 6.07) is -2.24. The summed E-state index contributed by atoms with van der Waals surface area (Å²) in [5, 5.41) is 91.0. The van der Waals surface area contributed by atoms with E-state index >= 15 is 0 Å². The number of esters is 2. The van der Waals surface area contributed by atoms with Gasteiger partial charge in [0.2, 0.25) is 11.6 Å². The van der Waals surface area contributed by atoms with E-state index in [2.05, 4.69) is 6.92 Å². The largest absolute Gasteiger partial charge is 0.460 e. The summed E-state index contributed by atoms with van der Waals surface area (Å²) in [4.78, 5) is 116. The summed E-state index contributed by atoms with van der Waals surface area (Å²) in [6.45, 7) is 25.9. The van der Waals surface area contributed by atoms with Crippen LogP contribution in [0.1, 0.15) is 251 Å². The van der Waals surface area contributed by atoms with Gasteiger partial charge in [-0.25, -0.2) is 9.59 Å². The molecule has 4 saturated heterocycles. The number of carbonyl (C=O) groups excluding carboxylic acids is 8. The summed E-state index contributed by atoms with van der Waals surface area (Å²) < 4.78 is 59.0. The van der Waals surface area contributed by atoms with E-state index in [1.54, 1.807) is 75.2 Å². The molecule has 0 spiro atoms. The third kappa shape index (κ3) is 30.4. The molecule has 4 bridgehead atoms. The summed E-state index contributed by atoms with van der Waals surface area (Å²) in [5.74, 6) is -14.7. The highest BCUT2D eigenvalue weighted by Gasteiger charge is 2.56. The van der Waals surface area contributed by atoms with Crippen molar-refractivity contribution in [3.63, 3.8) is 0 Å². The van der Waals surface area contributed by atoms with Crippen LogP contribution in [0.25, 0.3) is 0 Å². The second-order valence-electron chi connectivity index (χ2n) is 39.6. The maximum Gasteiger partial charge on any atom is 0.329 e. The average Bonchev–Trinajstić information content (AvgIpc) is 0.774. The Morgan fingerprint density at radius 3 is 1.35 bits per heavy atom. The number of hydrogen-bond donors (Lipinski definition) is 8. The Balaban J connectivity index is 0.000000356. The van der Waals surface area contributed by atoms with E-state index in [0.29, 0.717) is 127 Å². The number of amides is 2. The van der Waals surface area contributed by atoms with E-state index in [1.165, 1.54) is 24.0 Å². The molecule has 6 aliphatic heterocycles. The number of hydrogen-bond acceptors (Lipinski definition) is 26. The highest BCUT2D eigenvalue weighted by Crippen LogP contribution is 2.42. The number of rotatable bonds is 12. The minimum atomic E-state index is -2.43. The van der Waals surface area contributed by atoms with Gasteiger partial charge >= 0.3 is 11.9 Å². The molecular weight excluding hydrogens is 1670 g/mol. The third-order valence-corrected chi connectivity index (χ3v) is 29.4. The molecule has 6 heterocycles. The number of methoxy groups -OCH3 is 6. The van der Waals surface area contributed by atoms with Gasteiger partial charge in [-0.2, -0.15) is 0 Å². The van der Waals surface area contributed by atoms with Crippen LogP contribution in [-0.2, 0) is 85.7 Å². The van der Waals surface area contributed by atoms with E-state index in [1.807, 2.05) is 116 Å². The molecule has 28 heteroatoms. The van der Waals surface area contributed by atoms with Gasteiger partial charge in [0.1, 0.15) is 54.5 Å². The monoisotopic (exact) mass is 1830 g/mol. The first-order chi connectivity index (χ1) is 61.5. The van der Waals surface area contributed by atoms with Gasteiger partial charge in [-0.15, -0.1) is 0 Å². The highest BCUT2D eigenvalue weighted by atomic mass is 16.6. The van der Waals surface area contributed by atoms with Crippen LogP contribution in [0.2, 0.25) is 0 Å². The fourth-order valence-electron chi connectivity index (χ4n) is 20.5. The quantitative estimate of drug-likeness (QED) is 0.0511. The molecule has 32 atom stereocenters. The van der Waals surface area contributed by atoms with E-state index in [0.717, 1.165) is 24.0 Å². The lowest BCUT2D eigenvalue weighted by molar-refractivity contribution is -0.265. The summed E-state index contributed by atoms with van der Waals surface area (Å²) >= 11 is 0. The van der Waals surface area contributed by atoms with Gasteiger partial charge in [0, 0.05) is 111 Å². The maximum absolute atomic E-state index is 14.4. The zero-order valence-corrected chi connectivity index (χ0v) is 81.5. The van der Waals surface area contributed by atoms with E-state index in [-0.39, 0.29) is 104 Å². The molecule has 4 unspecified atom stereocenters. The number of nitrogens with zero attached hydrogens (tertiary/aromatic N) is 2. The van der Waals surface area contributed by atoms with E-state index in [9.17, 15) is 79.2 Å². The standard InChI is InChI=1S/C51H83NO13.C51H79NO13/c2*1-30-16-12-11-13-17-31(2)42(61-8)28-38-21-19-36(7)51(60,65-38)48(57)49(58)52-23-15-14-18-39(52)50(59)64-43(33(4)26-37-20-22-40(53)44(27-37)62-9)29-41(54)32(3)25-35(6)46(56)47(63-10)45(55)34(5)24-30/h11-13,16-17,25,30,32-34,36-47,53-56,60H,14-15,18-24,26-29H2,1-10H3;11-13,16-17,25,30,32-34,36-40,42-44,46-47,53,56,60H,14-15,18-24,26-29H2,1-10H3/b2*13-11?,16-12+,31-17?,35-25+/t30-,32-,33-,34-,36-,37+,38?,39?,40-,41+,42+,43+,44-,45+,46+,47+,51-;30-,32-,33-,34-,36-,37+,38?,39?,40-,42+,43+,44-,46+,47+,51-/m11/s1. The van der Waals surface area contributed by atoms with E-state index in [4.69, 9.17) is 47.4 Å². The highest BCUT2D eigenvalue weighted by molar-refractivity contribution is 6.39. The van der Waals surface area contributed by atoms with Crippen LogP contribution < -0.4 is 0 Å². The summed E-state index contributed by atoms with van der Waals surface area (Å²) in [7, 11) is 9.15. The van der Waals surface area contributed by atoms with Crippen LogP contribution in [0.3, 0.4) is 0 Å². The molecule has 28 nitrogen and oxygen atoms in total. The molecule has 2 aliphatic carbocycles. The van der Waals surface area contributed by atoms with Gasteiger partial charge in [0.05, 0.1) is 61.0 Å². The molecule has 0 aromatic carbocycles. The van der Waals surface area contributed by atoms with Crippen molar-refractivity contribution in [2.45, 2.75) is 372 Å². The molecule has 0 aromatic heterocycles. The Hall–Kier alpha value is -6.16. The van der Waals surface area contributed by atoms with Gasteiger partial charge in [0.25, 0.3) is 23.4 Å². The fourth-order valence-corrected chi connectivity index (χ4v) is 20.5. The summed E-state index contributed by atoms with van der Waals surface area (Å²) in [5.41, 5.74) is 2.67. The fraction of sp³-hybridized carbons (Fsp3) is 0.765. The van der Waals surface area contributed by atoms with Crippen molar-refractivity contribution in [3.05, 3.63) is 95.2 Å². The molecular formula is C102H162N2O26. The number of aliphatic hydroxyl groups excluding tert-OH is 6. The lowest BCUT2D eigenvalue weighted by atomic mass is 9.78. The Labute approximate surface area is 773 Å². The maximum atomic E-state index is 14.4. The lowest BCUT2D eigenvalue weighted by Gasteiger charge is -2.43. The number of Topliss-reactive ketones (excluding diaryl/α,β-unsaturated/α-hetero) is 4. The number of carbonyl (C=O) groups is 8. The van der Waals surface area contributed by atoms with Crippen molar-refractivity contribution in [3.8, 4) is 0 Å². The molecule has 2 saturated carbocycles. The van der Waals surface area contributed by atoms with Gasteiger partial charge in [-0.3, -0.25) is 28.8 Å². The molecule has 8 aliphatic rings. The van der Waals surface area contributed by atoms with Crippen LogP contribution in [0, 0.1) is 71.0 Å². The number of cyclic esters (lactones) is 2. The van der Waals surface area contributed by atoms with Gasteiger partial charge in [-0.1, -0.05) is 142 Å². The van der Waals surface area contributed by atoms with Crippen molar-refractivity contribution >= 4 is 46.9 Å². The first-order valence-corrected chi connectivity index (χ1v) is 48.1. The molecule has 8 rings (SSSR count). The number of aliphatic hydroxyl groups is 8. The number of piperidine rings is 2. The minimum absolute atomic E-state index is 0.0193. The lowest BCUT2D eigenvalue weighted by Crippen LogP contribution is -2.61. The predicted molar refractivity (Wildman–Crippen MR) is 492 cm³/mol. The second kappa shape index (κ2) is 52.8. The molecule has 736 valence electrons. The van der Waals surface area contributed by atoms with Crippen molar-refractivity contribution in [2.24, 2.45) is 71.0 Å². The molecule has 2 amide bonds. The van der Waals surface area contributed by atoms with Crippen LogP contribution in [0.15, 0.2) is 95.2 Å². The Bertz CT molecular complexity index is 3910. The molecule has 0 radical (unpaired) electrons. The SMILES string of the molecule is CO[C@H]1CC2CC[C@@H](C)[C@@](O)(O2)C(=O)C(=O)N2CCCCC2C(=O)O[C@H]([C@H](C)C[C@@H]2CC[C@@H](O)[C@H](OC)C2)CC(=O)[C@H](C)/C=C(\C)[C@H](O)[C@@H](OC)C(=O)[C@H](C)C[C@H](C)/C=C/C=CC=C1C.CO[C@H]1[C@@H](O)[C@H](C)C[C@H](C)/C=C/C=CC=C(C)[C@@H](OC)CC2CC[C@@H](C)[C@@](O)(O2)C(=O)C(=O)N2CCCCC2C(=O)O[C@H]([C@H](C)C[C@@H]2CC[C@@H](O)[C@H](OC)C2)C[C@H](O)[C@H](C)/C=C(\C)[C@@H]1O. The van der Waals surface area contributed by atoms with Crippen LogP contribution in [-0.4, -0.2) is 275 Å². The predicted octanol–water partition coefficient (Wildman–Crippen LogP) is 11.9. The van der Waals surface area contributed by atoms with Gasteiger partial charge < -0.3 is 98.0 Å².